The molecule has 1 fully saturated rings. The molecule has 1 atom stereocenters. The molecule has 5 heteroatoms. The van der Waals surface area contributed by atoms with Crippen molar-refractivity contribution in [2.45, 2.75) is 32.8 Å². The molecule has 0 aromatic rings. The molecule has 0 aromatic carbocycles. The maximum atomic E-state index is 11.2. The number of carbonyl (C=O) groups excluding carboxylic acids is 1. The van der Waals surface area contributed by atoms with Gasteiger partial charge >= 0.3 is 0 Å². The number of rotatable bonds is 7. The van der Waals surface area contributed by atoms with Gasteiger partial charge in [-0.25, -0.2) is 0 Å². The van der Waals surface area contributed by atoms with E-state index in [1.807, 2.05) is 4.90 Å². The first-order valence-corrected chi connectivity index (χ1v) is 6.87. The third-order valence-corrected chi connectivity index (χ3v) is 3.24. The second-order valence-electron chi connectivity index (χ2n) is 4.89. The van der Waals surface area contributed by atoms with Gasteiger partial charge in [0, 0.05) is 46.3 Å². The molecule has 0 spiro atoms. The molecule has 1 heterocycles. The lowest BCUT2D eigenvalue weighted by molar-refractivity contribution is -0.130. The average molecular weight is 258 g/mol. The van der Waals surface area contributed by atoms with Gasteiger partial charge in [0.25, 0.3) is 0 Å². The van der Waals surface area contributed by atoms with E-state index in [0.717, 1.165) is 45.6 Å². The Kier molecular flexibility index (Phi) is 7.23. The number of unbranched alkanes of at least 4 members (excludes halogenated alkanes) is 1. The van der Waals surface area contributed by atoms with E-state index in [4.69, 9.17) is 4.74 Å². The lowest BCUT2D eigenvalue weighted by Crippen LogP contribution is -2.50. The molecule has 1 aliphatic heterocycles. The molecule has 5 nitrogen and oxygen atoms in total. The van der Waals surface area contributed by atoms with E-state index in [1.54, 1.807) is 6.92 Å². The molecule has 1 aliphatic rings. The maximum absolute atomic E-state index is 11.2. The van der Waals surface area contributed by atoms with Crippen molar-refractivity contribution in [2.24, 2.45) is 0 Å². The third kappa shape index (κ3) is 5.80. The zero-order valence-corrected chi connectivity index (χ0v) is 11.6. The predicted molar refractivity (Wildman–Crippen MR) is 70.4 cm³/mol. The van der Waals surface area contributed by atoms with Gasteiger partial charge < -0.3 is 14.7 Å². The molecule has 0 aliphatic carbocycles. The zero-order valence-electron chi connectivity index (χ0n) is 11.6. The molecule has 106 valence electrons. The first-order chi connectivity index (χ1) is 8.63. The second kappa shape index (κ2) is 8.45. The summed E-state index contributed by atoms with van der Waals surface area (Å²) in [5.41, 5.74) is 0. The van der Waals surface area contributed by atoms with Gasteiger partial charge in [-0.3, -0.25) is 9.69 Å². The Hall–Kier alpha value is -0.650. The van der Waals surface area contributed by atoms with Crippen LogP contribution in [0.15, 0.2) is 0 Å². The van der Waals surface area contributed by atoms with Gasteiger partial charge in [0.15, 0.2) is 0 Å². The Balaban J connectivity index is 2.10. The van der Waals surface area contributed by atoms with E-state index in [-0.39, 0.29) is 5.91 Å². The largest absolute Gasteiger partial charge is 0.389 e. The van der Waals surface area contributed by atoms with Gasteiger partial charge in [0.1, 0.15) is 0 Å². The molecular weight excluding hydrogens is 232 g/mol. The van der Waals surface area contributed by atoms with Crippen LogP contribution in [0.2, 0.25) is 0 Å². The van der Waals surface area contributed by atoms with Crippen molar-refractivity contribution in [3.05, 3.63) is 0 Å². The molecule has 1 saturated heterocycles. The van der Waals surface area contributed by atoms with Crippen LogP contribution in [0.1, 0.15) is 26.7 Å². The Labute approximate surface area is 110 Å². The number of piperazine rings is 1. The minimum absolute atomic E-state index is 0.137. The van der Waals surface area contributed by atoms with Crippen LogP contribution in [0.25, 0.3) is 0 Å². The number of aliphatic hydroxyl groups is 1. The van der Waals surface area contributed by atoms with Crippen LogP contribution in [0.3, 0.4) is 0 Å². The van der Waals surface area contributed by atoms with E-state index in [9.17, 15) is 9.90 Å². The van der Waals surface area contributed by atoms with Crippen LogP contribution in [0.5, 0.6) is 0 Å². The lowest BCUT2D eigenvalue weighted by atomic mass is 10.2. The van der Waals surface area contributed by atoms with Crippen LogP contribution >= 0.6 is 0 Å². The maximum Gasteiger partial charge on any atom is 0.219 e. The number of amides is 1. The molecule has 0 bridgehead atoms. The number of aliphatic hydroxyl groups excluding tert-OH is 1. The van der Waals surface area contributed by atoms with Crippen LogP contribution in [-0.4, -0.2) is 72.9 Å². The molecule has 1 rings (SSSR count). The number of hydrogen-bond donors (Lipinski definition) is 1. The lowest BCUT2D eigenvalue weighted by Gasteiger charge is -2.35. The van der Waals surface area contributed by atoms with Gasteiger partial charge in [-0.2, -0.15) is 0 Å². The summed E-state index contributed by atoms with van der Waals surface area (Å²) >= 11 is 0. The highest BCUT2D eigenvalue weighted by atomic mass is 16.5. The van der Waals surface area contributed by atoms with Gasteiger partial charge in [-0.1, -0.05) is 13.3 Å². The number of ether oxygens (including phenoxy) is 1. The number of hydrogen-bond acceptors (Lipinski definition) is 4. The summed E-state index contributed by atoms with van der Waals surface area (Å²) in [4.78, 5) is 15.2. The summed E-state index contributed by atoms with van der Waals surface area (Å²) < 4.78 is 5.40. The Bertz CT molecular complexity index is 240. The van der Waals surface area contributed by atoms with Gasteiger partial charge in [-0.15, -0.1) is 0 Å². The van der Waals surface area contributed by atoms with Crippen molar-refractivity contribution in [3.8, 4) is 0 Å². The highest BCUT2D eigenvalue weighted by Gasteiger charge is 2.20. The minimum Gasteiger partial charge on any atom is -0.389 e. The molecule has 0 aromatic heterocycles. The van der Waals surface area contributed by atoms with Crippen LogP contribution in [0.4, 0.5) is 0 Å². The van der Waals surface area contributed by atoms with Crippen molar-refractivity contribution >= 4 is 5.91 Å². The fourth-order valence-electron chi connectivity index (χ4n) is 2.06. The fraction of sp³-hybridized carbons (Fsp3) is 0.923. The first kappa shape index (κ1) is 15.4. The van der Waals surface area contributed by atoms with E-state index in [1.165, 1.54) is 0 Å². The van der Waals surface area contributed by atoms with Crippen molar-refractivity contribution in [1.29, 1.82) is 0 Å². The number of nitrogens with zero attached hydrogens (tertiary/aromatic N) is 2. The fourth-order valence-corrected chi connectivity index (χ4v) is 2.06. The topological polar surface area (TPSA) is 53.0 Å². The van der Waals surface area contributed by atoms with Crippen LogP contribution in [0, 0.1) is 0 Å². The van der Waals surface area contributed by atoms with Gasteiger partial charge in [0.05, 0.1) is 12.7 Å². The van der Waals surface area contributed by atoms with Crippen LogP contribution < -0.4 is 0 Å². The quantitative estimate of drug-likeness (QED) is 0.669. The standard InChI is InChI=1S/C13H26N2O3/c1-3-4-9-18-11-13(17)10-14-5-7-15(8-6-14)12(2)16/h13,17H,3-11H2,1-2H3/t13-/m0/s1. The van der Waals surface area contributed by atoms with E-state index < -0.39 is 6.10 Å². The average Bonchev–Trinajstić information content (AvgIpc) is 2.35. The Morgan fingerprint density at radius 3 is 2.56 bits per heavy atom. The zero-order chi connectivity index (χ0) is 13.4. The molecular formula is C13H26N2O3. The molecule has 1 N–H and O–H groups in total. The van der Waals surface area contributed by atoms with Crippen molar-refractivity contribution in [2.75, 3.05) is 45.9 Å². The highest BCUT2D eigenvalue weighted by molar-refractivity contribution is 5.73. The minimum atomic E-state index is -0.425. The number of carbonyl (C=O) groups is 1. The smallest absolute Gasteiger partial charge is 0.219 e. The summed E-state index contributed by atoms with van der Waals surface area (Å²) in [7, 11) is 0. The predicted octanol–water partition coefficient (Wildman–Crippen LogP) is 0.328. The molecule has 1 amide bonds. The highest BCUT2D eigenvalue weighted by Crippen LogP contribution is 2.03. The van der Waals surface area contributed by atoms with E-state index in [2.05, 4.69) is 11.8 Å². The first-order valence-electron chi connectivity index (χ1n) is 6.87. The van der Waals surface area contributed by atoms with Crippen molar-refractivity contribution in [3.63, 3.8) is 0 Å². The molecule has 0 unspecified atom stereocenters. The SMILES string of the molecule is CCCCOC[C@@H](O)CN1CCN(C(C)=O)CC1. The summed E-state index contributed by atoms with van der Waals surface area (Å²) in [6.45, 7) is 8.70. The molecule has 0 radical (unpaired) electrons. The second-order valence-corrected chi connectivity index (χ2v) is 4.89. The van der Waals surface area contributed by atoms with E-state index in [0.29, 0.717) is 13.2 Å². The normalized spacial score (nSPS) is 18.9. The monoisotopic (exact) mass is 258 g/mol. The van der Waals surface area contributed by atoms with Gasteiger partial charge in [-0.05, 0) is 6.42 Å². The van der Waals surface area contributed by atoms with Gasteiger partial charge in [0.2, 0.25) is 5.91 Å². The van der Waals surface area contributed by atoms with Crippen molar-refractivity contribution in [1.82, 2.24) is 9.80 Å². The van der Waals surface area contributed by atoms with Crippen molar-refractivity contribution < 1.29 is 14.6 Å². The van der Waals surface area contributed by atoms with E-state index >= 15 is 0 Å². The summed E-state index contributed by atoms with van der Waals surface area (Å²) in [5, 5.41) is 9.83. The Morgan fingerprint density at radius 2 is 2.00 bits per heavy atom. The summed E-state index contributed by atoms with van der Waals surface area (Å²) in [5.74, 6) is 0.137. The molecule has 0 saturated carbocycles. The third-order valence-electron chi connectivity index (χ3n) is 3.24. The van der Waals surface area contributed by atoms with Crippen LogP contribution in [-0.2, 0) is 9.53 Å². The summed E-state index contributed by atoms with van der Waals surface area (Å²) in [6.07, 6.45) is 1.73. The Morgan fingerprint density at radius 1 is 1.33 bits per heavy atom. The summed E-state index contributed by atoms with van der Waals surface area (Å²) in [6, 6.07) is 0. The number of β-amino-alcohol motifs (C(OH)–C–C–N with tert-alkyl or cyclic N) is 1. The molecule has 18 heavy (non-hydrogen) atoms.